The molecule has 17 heteroatoms. The van der Waals surface area contributed by atoms with Crippen LogP contribution >= 0.6 is 46.4 Å². The number of rotatable bonds is 8. The molecule has 2 amide bonds. The number of ether oxygens (including phenoxy) is 5. The molecular weight excluding hydrogens is 778 g/mol. The van der Waals surface area contributed by atoms with E-state index >= 15 is 0 Å². The highest BCUT2D eigenvalue weighted by Gasteiger charge is 2.53. The number of alkyl carbamates (subject to hydrolysis) is 1. The number of nitrogens with one attached hydrogen (secondary N) is 2. The number of esters is 2. The van der Waals surface area contributed by atoms with E-state index in [-0.39, 0.29) is 49.6 Å². The average molecular weight is 808 g/mol. The topological polar surface area (TPSA) is 173 Å². The number of ketones is 2. The molecule has 2 aliphatic rings. The predicted octanol–water partition coefficient (Wildman–Crippen LogP) is 7.26. The first-order valence-corrected chi connectivity index (χ1v) is 17.0. The fourth-order valence-corrected chi connectivity index (χ4v) is 6.65. The number of hydrogen-bond donors (Lipinski definition) is 2. The maximum atomic E-state index is 13.1. The summed E-state index contributed by atoms with van der Waals surface area (Å²) in [5.41, 5.74) is -2.64. The number of amides is 2. The van der Waals surface area contributed by atoms with E-state index in [1.54, 1.807) is 61.5 Å². The zero-order valence-electron chi connectivity index (χ0n) is 28.6. The van der Waals surface area contributed by atoms with Crippen LogP contribution in [0.4, 0.5) is 4.79 Å². The van der Waals surface area contributed by atoms with Crippen LogP contribution in [-0.2, 0) is 54.1 Å². The number of halogens is 4. The van der Waals surface area contributed by atoms with Crippen molar-refractivity contribution in [3.8, 4) is 0 Å². The first kappa shape index (κ1) is 40.7. The third kappa shape index (κ3) is 8.77. The first-order valence-electron chi connectivity index (χ1n) is 15.5. The Bertz CT molecular complexity index is 2030. The van der Waals surface area contributed by atoms with Crippen molar-refractivity contribution >= 4 is 81.9 Å². The van der Waals surface area contributed by atoms with Gasteiger partial charge in [0.25, 0.3) is 17.5 Å². The summed E-state index contributed by atoms with van der Waals surface area (Å²) in [7, 11) is 0. The monoisotopic (exact) mass is 806 g/mol. The maximum Gasteiger partial charge on any atom is 0.414 e. The zero-order chi connectivity index (χ0) is 39.2. The minimum atomic E-state index is -1.69. The lowest BCUT2D eigenvalue weighted by molar-refractivity contribution is -0.142. The molecule has 2 N–H and O–H groups in total. The van der Waals surface area contributed by atoms with Gasteiger partial charge in [-0.15, -0.1) is 0 Å². The third-order valence-corrected chi connectivity index (χ3v) is 8.69. The summed E-state index contributed by atoms with van der Waals surface area (Å²) in [5.74, 6) is -4.97. The summed E-state index contributed by atoms with van der Waals surface area (Å²) >= 11 is 24.8. The van der Waals surface area contributed by atoms with Crippen LogP contribution in [0.2, 0.25) is 20.1 Å². The van der Waals surface area contributed by atoms with E-state index in [0.29, 0.717) is 5.56 Å². The van der Waals surface area contributed by atoms with Crippen molar-refractivity contribution in [2.24, 2.45) is 0 Å². The molecule has 2 heterocycles. The molecule has 5 rings (SSSR count). The SMILES string of the molecule is CC(=O)OC1=C(NC(=O)c2ccccc2)OC(C)(c2c(Cl)cccc2Cl)C1=O.CCOC(=O)NC1=C(OC(C)=O)C(=O)C(C)(c2c(Cl)cccc2Cl)O1. The number of carbonyl (C=O) groups excluding carboxylic acids is 6. The van der Waals surface area contributed by atoms with E-state index in [1.807, 2.05) is 0 Å². The van der Waals surface area contributed by atoms with Gasteiger partial charge < -0.3 is 23.7 Å². The second kappa shape index (κ2) is 16.7. The highest BCUT2D eigenvalue weighted by molar-refractivity contribution is 6.37. The predicted molar refractivity (Wildman–Crippen MR) is 191 cm³/mol. The normalized spacial score (nSPS) is 19.0. The quantitative estimate of drug-likeness (QED) is 0.173. The van der Waals surface area contributed by atoms with Crippen molar-refractivity contribution in [3.05, 3.63) is 127 Å². The molecule has 2 atom stereocenters. The first-order chi connectivity index (χ1) is 24.9. The molecule has 0 aliphatic carbocycles. The van der Waals surface area contributed by atoms with Gasteiger partial charge in [0.1, 0.15) is 0 Å². The van der Waals surface area contributed by atoms with E-state index in [4.69, 9.17) is 70.1 Å². The van der Waals surface area contributed by atoms with E-state index in [1.165, 1.54) is 26.0 Å². The van der Waals surface area contributed by atoms with E-state index in [0.717, 1.165) is 13.8 Å². The zero-order valence-corrected chi connectivity index (χ0v) is 31.6. The molecule has 0 aromatic heterocycles. The second-order valence-corrected chi connectivity index (χ2v) is 12.9. The standard InChI is InChI=1S/C20H15Cl2NO5.C16H15Cl2NO6/c1-11(24)27-16-17(25)20(2,15-13(21)9-6-10-14(15)22)28-19(16)23-18(26)12-7-4-3-5-8-12;1-4-23-15(22)19-14-12(24-8(2)20)13(21)16(3,25-14)11-9(17)6-5-7-10(11)18/h3-10H,1-2H3,(H,23,26);5-7H,4H2,1-3H3,(H,19,22). The molecule has 3 aromatic carbocycles. The van der Waals surface area contributed by atoms with Gasteiger partial charge in [-0.05, 0) is 57.2 Å². The van der Waals surface area contributed by atoms with Crippen LogP contribution in [0.1, 0.15) is 56.1 Å². The van der Waals surface area contributed by atoms with Crippen LogP contribution in [0.15, 0.2) is 90.0 Å². The average Bonchev–Trinajstić information content (AvgIpc) is 3.44. The third-order valence-electron chi connectivity index (χ3n) is 7.43. The number of hydrogen-bond acceptors (Lipinski definition) is 11. The van der Waals surface area contributed by atoms with E-state index < -0.39 is 58.2 Å². The van der Waals surface area contributed by atoms with Crippen molar-refractivity contribution < 1.29 is 52.5 Å². The summed E-state index contributed by atoms with van der Waals surface area (Å²) in [6.45, 7) is 6.80. The van der Waals surface area contributed by atoms with Gasteiger partial charge in [0.05, 0.1) is 6.61 Å². The van der Waals surface area contributed by atoms with Crippen LogP contribution in [0, 0.1) is 0 Å². The van der Waals surface area contributed by atoms with Gasteiger partial charge in [0.2, 0.25) is 34.5 Å². The smallest absolute Gasteiger partial charge is 0.414 e. The molecule has 0 saturated carbocycles. The Kier molecular flexibility index (Phi) is 12.8. The van der Waals surface area contributed by atoms with Gasteiger partial charge in [-0.3, -0.25) is 34.6 Å². The molecule has 53 heavy (non-hydrogen) atoms. The van der Waals surface area contributed by atoms with Crippen LogP contribution in [-0.4, -0.2) is 42.1 Å². The summed E-state index contributed by atoms with van der Waals surface area (Å²) in [4.78, 5) is 72.9. The Morgan fingerprint density at radius 2 is 1.04 bits per heavy atom. The van der Waals surface area contributed by atoms with Crippen molar-refractivity contribution in [1.82, 2.24) is 10.6 Å². The van der Waals surface area contributed by atoms with Crippen LogP contribution in [0.5, 0.6) is 0 Å². The van der Waals surface area contributed by atoms with Gasteiger partial charge >= 0.3 is 18.0 Å². The molecule has 2 aliphatic heterocycles. The van der Waals surface area contributed by atoms with Gasteiger partial charge in [0, 0.05) is 50.6 Å². The lowest BCUT2D eigenvalue weighted by Gasteiger charge is -2.25. The minimum Gasteiger partial charge on any atom is -0.456 e. The van der Waals surface area contributed by atoms with Crippen molar-refractivity contribution in [2.45, 2.75) is 45.8 Å². The molecule has 13 nitrogen and oxygen atoms in total. The van der Waals surface area contributed by atoms with Crippen LogP contribution in [0.25, 0.3) is 0 Å². The molecule has 0 bridgehead atoms. The van der Waals surface area contributed by atoms with Crippen molar-refractivity contribution in [3.63, 3.8) is 0 Å². The summed E-state index contributed by atoms with van der Waals surface area (Å²) in [6.07, 6.45) is -0.871. The Hall–Kier alpha value is -5.08. The number of Topliss-reactive ketones (excluding diaryl/α,β-unsaturated/α-hetero) is 2. The summed E-state index contributed by atoms with van der Waals surface area (Å²) in [5, 5.41) is 5.48. The van der Waals surface area contributed by atoms with E-state index in [9.17, 15) is 28.8 Å². The molecule has 0 saturated heterocycles. The highest BCUT2D eigenvalue weighted by atomic mass is 35.5. The number of benzene rings is 3. The Balaban J connectivity index is 0.000000238. The molecule has 2 unspecified atom stereocenters. The molecule has 0 radical (unpaired) electrons. The fraction of sp³-hybridized carbons (Fsp3) is 0.222. The van der Waals surface area contributed by atoms with Gasteiger partial charge in [-0.2, -0.15) is 0 Å². The lowest BCUT2D eigenvalue weighted by atomic mass is 9.91. The molecule has 0 fully saturated rings. The van der Waals surface area contributed by atoms with Gasteiger partial charge in [-0.25, -0.2) is 4.79 Å². The van der Waals surface area contributed by atoms with E-state index in [2.05, 4.69) is 10.6 Å². The lowest BCUT2D eigenvalue weighted by Crippen LogP contribution is -2.33. The molecule has 0 spiro atoms. The maximum absolute atomic E-state index is 13.1. The van der Waals surface area contributed by atoms with Gasteiger partial charge in [0.15, 0.2) is 0 Å². The Morgan fingerprint density at radius 1 is 0.642 bits per heavy atom. The van der Waals surface area contributed by atoms with Crippen LogP contribution in [0.3, 0.4) is 0 Å². The molecule has 3 aromatic rings. The largest absolute Gasteiger partial charge is 0.456 e. The second-order valence-electron chi connectivity index (χ2n) is 11.3. The molecular formula is C36H30Cl4N2O11. The number of carbonyl (C=O) groups is 6. The Morgan fingerprint density at radius 3 is 1.42 bits per heavy atom. The van der Waals surface area contributed by atoms with Crippen molar-refractivity contribution in [2.75, 3.05) is 6.61 Å². The van der Waals surface area contributed by atoms with Crippen molar-refractivity contribution in [1.29, 1.82) is 0 Å². The molecule has 278 valence electrons. The minimum absolute atomic E-state index is 0.101. The Labute approximate surface area is 323 Å². The van der Waals surface area contributed by atoms with Crippen LogP contribution < -0.4 is 10.6 Å². The van der Waals surface area contributed by atoms with Gasteiger partial charge in [-0.1, -0.05) is 76.7 Å². The highest BCUT2D eigenvalue weighted by Crippen LogP contribution is 2.45. The fourth-order valence-electron chi connectivity index (χ4n) is 5.13. The summed E-state index contributed by atoms with van der Waals surface area (Å²) in [6, 6.07) is 17.7. The summed E-state index contributed by atoms with van der Waals surface area (Å²) < 4.78 is 26.1.